The summed E-state index contributed by atoms with van der Waals surface area (Å²) in [7, 11) is 0. The molecule has 0 aliphatic heterocycles. The zero-order valence-corrected chi connectivity index (χ0v) is 11.8. The average Bonchev–Trinajstić information content (AvgIpc) is 2.68. The number of hydrogen-bond acceptors (Lipinski definition) is 3. The maximum absolute atomic E-state index is 10.9. The first-order chi connectivity index (χ1) is 9.60. The molecule has 0 atom stereocenters. The van der Waals surface area contributed by atoms with E-state index in [0.29, 0.717) is 5.92 Å². The van der Waals surface area contributed by atoms with Gasteiger partial charge in [-0.05, 0) is 62.7 Å². The third-order valence-corrected chi connectivity index (χ3v) is 5.68. The van der Waals surface area contributed by atoms with Crippen molar-refractivity contribution in [1.82, 2.24) is 14.8 Å². The maximum Gasteiger partial charge on any atom is 0.325 e. The number of hydrogen-bond donors (Lipinski definition) is 1. The lowest BCUT2D eigenvalue weighted by atomic mass is 9.52. The number of aromatic nitrogens is 3. The van der Waals surface area contributed by atoms with Crippen molar-refractivity contribution in [2.75, 3.05) is 0 Å². The Morgan fingerprint density at radius 1 is 1.20 bits per heavy atom. The second-order valence-electron chi connectivity index (χ2n) is 7.03. The molecule has 1 aromatic rings. The third-order valence-electron chi connectivity index (χ3n) is 5.68. The van der Waals surface area contributed by atoms with Crippen molar-refractivity contribution in [2.45, 2.75) is 51.5 Å². The summed E-state index contributed by atoms with van der Waals surface area (Å²) in [5, 5.41) is 13.4. The molecule has 5 nitrogen and oxygen atoms in total. The fraction of sp³-hybridized carbons (Fsp3) is 0.800. The van der Waals surface area contributed by atoms with Crippen LogP contribution in [-0.4, -0.2) is 25.8 Å². The molecule has 4 fully saturated rings. The molecule has 5 heteroatoms. The zero-order valence-electron chi connectivity index (χ0n) is 11.8. The SMILES string of the molecule is Cc1nc(C2C3CC4CC(C3)CC2C4)nn1CC(=O)O. The Labute approximate surface area is 118 Å². The lowest BCUT2D eigenvalue weighted by molar-refractivity contribution is -0.137. The number of carboxylic acid groups (broad SMARTS) is 1. The summed E-state index contributed by atoms with van der Waals surface area (Å²) < 4.78 is 1.54. The van der Waals surface area contributed by atoms with Crippen molar-refractivity contribution in [1.29, 1.82) is 0 Å². The van der Waals surface area contributed by atoms with E-state index < -0.39 is 5.97 Å². The normalized spacial score (nSPS) is 38.4. The molecule has 0 amide bonds. The molecule has 0 radical (unpaired) electrons. The van der Waals surface area contributed by atoms with E-state index in [1.54, 1.807) is 4.68 Å². The zero-order chi connectivity index (χ0) is 13.9. The highest BCUT2D eigenvalue weighted by Gasteiger charge is 2.50. The van der Waals surface area contributed by atoms with Crippen LogP contribution in [0.2, 0.25) is 0 Å². The Balaban J connectivity index is 1.63. The molecule has 5 rings (SSSR count). The minimum Gasteiger partial charge on any atom is -0.480 e. The summed E-state index contributed by atoms with van der Waals surface area (Å²) in [5.74, 6) is 4.64. The quantitative estimate of drug-likeness (QED) is 0.918. The number of carbonyl (C=O) groups is 1. The van der Waals surface area contributed by atoms with E-state index in [4.69, 9.17) is 5.11 Å². The first-order valence-electron chi connectivity index (χ1n) is 7.73. The van der Waals surface area contributed by atoms with Crippen molar-refractivity contribution in [2.24, 2.45) is 23.7 Å². The number of aliphatic carboxylic acids is 1. The second kappa shape index (κ2) is 4.30. The van der Waals surface area contributed by atoms with Crippen LogP contribution in [0.5, 0.6) is 0 Å². The molecule has 1 heterocycles. The summed E-state index contributed by atoms with van der Waals surface area (Å²) in [5.41, 5.74) is 0. The monoisotopic (exact) mass is 275 g/mol. The van der Waals surface area contributed by atoms with E-state index in [1.807, 2.05) is 6.92 Å². The molecule has 0 saturated heterocycles. The molecule has 0 aromatic carbocycles. The Kier molecular flexibility index (Phi) is 2.66. The first kappa shape index (κ1) is 12.4. The third kappa shape index (κ3) is 1.86. The number of rotatable bonds is 3. The molecule has 4 bridgehead atoms. The topological polar surface area (TPSA) is 68.0 Å². The van der Waals surface area contributed by atoms with Gasteiger partial charge in [0, 0.05) is 5.92 Å². The first-order valence-corrected chi connectivity index (χ1v) is 7.73. The molecule has 0 spiro atoms. The average molecular weight is 275 g/mol. The van der Waals surface area contributed by atoms with Gasteiger partial charge in [-0.25, -0.2) is 9.67 Å². The molecule has 1 aromatic heterocycles. The van der Waals surface area contributed by atoms with Crippen molar-refractivity contribution in [3.8, 4) is 0 Å². The van der Waals surface area contributed by atoms with Crippen LogP contribution >= 0.6 is 0 Å². The van der Waals surface area contributed by atoms with Crippen LogP contribution in [0, 0.1) is 30.6 Å². The van der Waals surface area contributed by atoms with Crippen molar-refractivity contribution in [3.63, 3.8) is 0 Å². The highest BCUT2D eigenvalue weighted by molar-refractivity contribution is 5.66. The van der Waals surface area contributed by atoms with E-state index in [9.17, 15) is 4.79 Å². The molecular formula is C15H21N3O2. The molecule has 20 heavy (non-hydrogen) atoms. The summed E-state index contributed by atoms with van der Waals surface area (Å²) in [6, 6.07) is 0. The Morgan fingerprint density at radius 3 is 2.35 bits per heavy atom. The largest absolute Gasteiger partial charge is 0.480 e. The summed E-state index contributed by atoms with van der Waals surface area (Å²) in [4.78, 5) is 15.5. The maximum atomic E-state index is 10.9. The lowest BCUT2D eigenvalue weighted by Crippen LogP contribution is -2.44. The summed E-state index contributed by atoms with van der Waals surface area (Å²) in [6.07, 6.45) is 6.79. The van der Waals surface area contributed by atoms with Gasteiger partial charge in [0.2, 0.25) is 0 Å². The van der Waals surface area contributed by atoms with Gasteiger partial charge in [0.25, 0.3) is 0 Å². The van der Waals surface area contributed by atoms with Gasteiger partial charge in [0.05, 0.1) is 0 Å². The van der Waals surface area contributed by atoms with Crippen LogP contribution < -0.4 is 0 Å². The highest BCUT2D eigenvalue weighted by Crippen LogP contribution is 2.59. The smallest absolute Gasteiger partial charge is 0.325 e. The molecule has 4 aliphatic rings. The predicted octanol–water partition coefficient (Wildman–Crippen LogP) is 2.21. The number of carboxylic acids is 1. The number of nitrogens with zero attached hydrogens (tertiary/aromatic N) is 3. The van der Waals surface area contributed by atoms with Crippen LogP contribution in [0.3, 0.4) is 0 Å². The van der Waals surface area contributed by atoms with E-state index >= 15 is 0 Å². The van der Waals surface area contributed by atoms with Crippen molar-refractivity contribution in [3.05, 3.63) is 11.6 Å². The second-order valence-corrected chi connectivity index (χ2v) is 7.03. The van der Waals surface area contributed by atoms with Gasteiger partial charge in [-0.15, -0.1) is 0 Å². The lowest BCUT2D eigenvalue weighted by Gasteiger charge is -2.53. The molecular weight excluding hydrogens is 254 g/mol. The van der Waals surface area contributed by atoms with Crippen LogP contribution in [0.15, 0.2) is 0 Å². The number of aryl methyl sites for hydroxylation is 1. The highest BCUT2D eigenvalue weighted by atomic mass is 16.4. The van der Waals surface area contributed by atoms with Gasteiger partial charge in [0.1, 0.15) is 12.4 Å². The van der Waals surface area contributed by atoms with E-state index in [0.717, 1.165) is 35.3 Å². The predicted molar refractivity (Wildman–Crippen MR) is 72.2 cm³/mol. The molecule has 108 valence electrons. The minimum atomic E-state index is -0.852. The van der Waals surface area contributed by atoms with Crippen LogP contribution in [0.4, 0.5) is 0 Å². The minimum absolute atomic E-state index is 0.0772. The van der Waals surface area contributed by atoms with Gasteiger partial charge >= 0.3 is 5.97 Å². The summed E-state index contributed by atoms with van der Waals surface area (Å²) in [6.45, 7) is 1.78. The van der Waals surface area contributed by atoms with Crippen LogP contribution in [-0.2, 0) is 11.3 Å². The fourth-order valence-electron chi connectivity index (χ4n) is 5.21. The van der Waals surface area contributed by atoms with Gasteiger partial charge in [0.15, 0.2) is 5.82 Å². The van der Waals surface area contributed by atoms with Gasteiger partial charge in [-0.3, -0.25) is 4.79 Å². The van der Waals surface area contributed by atoms with Crippen molar-refractivity contribution < 1.29 is 9.90 Å². The van der Waals surface area contributed by atoms with Crippen LogP contribution in [0.25, 0.3) is 0 Å². The van der Waals surface area contributed by atoms with E-state index in [1.165, 1.54) is 32.1 Å². The molecule has 1 N–H and O–H groups in total. The Hall–Kier alpha value is -1.39. The van der Waals surface area contributed by atoms with Crippen LogP contribution in [0.1, 0.15) is 49.7 Å². The summed E-state index contributed by atoms with van der Waals surface area (Å²) >= 11 is 0. The Bertz CT molecular complexity index is 523. The van der Waals surface area contributed by atoms with Gasteiger partial charge < -0.3 is 5.11 Å². The molecule has 4 aliphatic carbocycles. The van der Waals surface area contributed by atoms with Gasteiger partial charge in [-0.2, -0.15) is 5.10 Å². The van der Waals surface area contributed by atoms with Gasteiger partial charge in [-0.1, -0.05) is 0 Å². The molecule has 4 saturated carbocycles. The molecule has 0 unspecified atom stereocenters. The van der Waals surface area contributed by atoms with Crippen molar-refractivity contribution >= 4 is 5.97 Å². The van der Waals surface area contributed by atoms with E-state index in [-0.39, 0.29) is 6.54 Å². The fourth-order valence-corrected chi connectivity index (χ4v) is 5.21. The van der Waals surface area contributed by atoms with E-state index in [2.05, 4.69) is 10.1 Å². The Morgan fingerprint density at radius 2 is 1.80 bits per heavy atom. The standard InChI is InChI=1S/C15H21N3O2/c1-8-16-15(17-18(8)7-13(19)20)14-11-3-9-2-10(5-11)6-12(14)4-9/h9-12,14H,2-7H2,1H3,(H,19,20).